The standard InChI is InChI=1S/C29H33ClN2O/c1-31(29(33)22-23-12-14-26(30)15-13-23)27-16-19-32(20-17-27)21-18-28(24-8-4-2-5-9-24)25-10-6-3-7-11-25/h2-15,27-28H,16-22H2,1H3. The molecule has 33 heavy (non-hydrogen) atoms. The van der Waals surface area contributed by atoms with Crippen molar-refractivity contribution in [1.29, 1.82) is 0 Å². The number of likely N-dealkylation sites (tertiary alicyclic amines) is 1. The predicted molar refractivity (Wildman–Crippen MR) is 137 cm³/mol. The van der Waals surface area contributed by atoms with E-state index in [-0.39, 0.29) is 5.91 Å². The Labute approximate surface area is 203 Å². The van der Waals surface area contributed by atoms with Gasteiger partial charge in [-0.1, -0.05) is 84.4 Å². The van der Waals surface area contributed by atoms with Gasteiger partial charge in [0.05, 0.1) is 6.42 Å². The number of benzene rings is 3. The van der Waals surface area contributed by atoms with Gasteiger partial charge in [-0.2, -0.15) is 0 Å². The topological polar surface area (TPSA) is 23.6 Å². The number of piperidine rings is 1. The number of carbonyl (C=O) groups is 1. The third kappa shape index (κ3) is 6.46. The average Bonchev–Trinajstić information content (AvgIpc) is 2.87. The second kappa shape index (κ2) is 11.5. The van der Waals surface area contributed by atoms with Gasteiger partial charge in [-0.05, 0) is 54.6 Å². The van der Waals surface area contributed by atoms with Crippen LogP contribution in [-0.2, 0) is 11.2 Å². The minimum atomic E-state index is 0.184. The third-order valence-electron chi connectivity index (χ3n) is 6.90. The smallest absolute Gasteiger partial charge is 0.226 e. The van der Waals surface area contributed by atoms with Gasteiger partial charge >= 0.3 is 0 Å². The van der Waals surface area contributed by atoms with Crippen molar-refractivity contribution in [3.63, 3.8) is 0 Å². The van der Waals surface area contributed by atoms with Crippen LogP contribution in [0.15, 0.2) is 84.9 Å². The molecule has 1 aliphatic rings. The fourth-order valence-electron chi connectivity index (χ4n) is 4.84. The van der Waals surface area contributed by atoms with Gasteiger partial charge in [0, 0.05) is 37.1 Å². The van der Waals surface area contributed by atoms with Crippen LogP contribution in [0.4, 0.5) is 0 Å². The van der Waals surface area contributed by atoms with Crippen molar-refractivity contribution in [1.82, 2.24) is 9.80 Å². The minimum Gasteiger partial charge on any atom is -0.342 e. The Morgan fingerprint density at radius 3 is 2.00 bits per heavy atom. The molecule has 4 heteroatoms. The molecule has 0 N–H and O–H groups in total. The lowest BCUT2D eigenvalue weighted by atomic mass is 9.88. The molecule has 0 aromatic heterocycles. The van der Waals surface area contributed by atoms with E-state index in [4.69, 9.17) is 11.6 Å². The van der Waals surface area contributed by atoms with Gasteiger partial charge in [0.2, 0.25) is 5.91 Å². The first-order valence-electron chi connectivity index (χ1n) is 11.9. The van der Waals surface area contributed by atoms with E-state index >= 15 is 0 Å². The van der Waals surface area contributed by atoms with Crippen molar-refractivity contribution < 1.29 is 4.79 Å². The highest BCUT2D eigenvalue weighted by Gasteiger charge is 2.26. The molecule has 0 aliphatic carbocycles. The summed E-state index contributed by atoms with van der Waals surface area (Å²) in [6, 6.07) is 29.6. The van der Waals surface area contributed by atoms with E-state index in [0.717, 1.165) is 44.5 Å². The molecule has 1 heterocycles. The summed E-state index contributed by atoms with van der Waals surface area (Å²) in [4.78, 5) is 17.3. The lowest BCUT2D eigenvalue weighted by Gasteiger charge is -2.37. The predicted octanol–water partition coefficient (Wildman–Crippen LogP) is 6.03. The molecule has 3 aromatic carbocycles. The number of amides is 1. The van der Waals surface area contributed by atoms with Gasteiger partial charge in [0.1, 0.15) is 0 Å². The maximum Gasteiger partial charge on any atom is 0.226 e. The van der Waals surface area contributed by atoms with E-state index in [1.54, 1.807) is 0 Å². The van der Waals surface area contributed by atoms with Gasteiger partial charge in [-0.3, -0.25) is 4.79 Å². The molecule has 1 amide bonds. The highest BCUT2D eigenvalue weighted by Crippen LogP contribution is 2.29. The van der Waals surface area contributed by atoms with Gasteiger partial charge in [-0.25, -0.2) is 0 Å². The number of carbonyl (C=O) groups excluding carboxylic acids is 1. The van der Waals surface area contributed by atoms with Crippen LogP contribution in [-0.4, -0.2) is 48.4 Å². The number of halogens is 1. The largest absolute Gasteiger partial charge is 0.342 e. The van der Waals surface area contributed by atoms with E-state index < -0.39 is 0 Å². The van der Waals surface area contributed by atoms with Gasteiger partial charge < -0.3 is 9.80 Å². The summed E-state index contributed by atoms with van der Waals surface area (Å²) in [5, 5.41) is 0.702. The Morgan fingerprint density at radius 2 is 1.45 bits per heavy atom. The van der Waals surface area contributed by atoms with Crippen LogP contribution >= 0.6 is 11.6 Å². The summed E-state index contributed by atoms with van der Waals surface area (Å²) in [5.74, 6) is 0.595. The van der Waals surface area contributed by atoms with Gasteiger partial charge in [-0.15, -0.1) is 0 Å². The first-order chi connectivity index (χ1) is 16.1. The maximum atomic E-state index is 12.8. The fourth-order valence-corrected chi connectivity index (χ4v) is 4.97. The van der Waals surface area contributed by atoms with E-state index in [9.17, 15) is 4.79 Å². The number of likely N-dealkylation sites (N-methyl/N-ethyl adjacent to an activating group) is 1. The first-order valence-corrected chi connectivity index (χ1v) is 12.3. The minimum absolute atomic E-state index is 0.184. The quantitative estimate of drug-likeness (QED) is 0.410. The van der Waals surface area contributed by atoms with Crippen LogP contribution in [0.25, 0.3) is 0 Å². The number of nitrogens with zero attached hydrogens (tertiary/aromatic N) is 2. The van der Waals surface area contributed by atoms with E-state index in [1.165, 1.54) is 11.1 Å². The Balaban J connectivity index is 1.29. The van der Waals surface area contributed by atoms with E-state index in [1.807, 2.05) is 36.2 Å². The molecule has 1 saturated heterocycles. The molecule has 0 radical (unpaired) electrons. The van der Waals surface area contributed by atoms with Crippen LogP contribution in [0, 0.1) is 0 Å². The van der Waals surface area contributed by atoms with Crippen LogP contribution < -0.4 is 0 Å². The van der Waals surface area contributed by atoms with Crippen LogP contribution in [0.5, 0.6) is 0 Å². The molecule has 0 spiro atoms. The fraction of sp³-hybridized carbons (Fsp3) is 0.345. The molecular formula is C29H33ClN2O. The molecule has 1 aliphatic heterocycles. The summed E-state index contributed by atoms with van der Waals surface area (Å²) in [6.45, 7) is 3.16. The van der Waals surface area contributed by atoms with Crippen molar-refractivity contribution in [3.8, 4) is 0 Å². The van der Waals surface area contributed by atoms with E-state index in [2.05, 4.69) is 65.6 Å². The Hall–Kier alpha value is -2.62. The van der Waals surface area contributed by atoms with E-state index in [0.29, 0.717) is 23.4 Å². The normalized spacial score (nSPS) is 15.0. The van der Waals surface area contributed by atoms with Crippen LogP contribution in [0.1, 0.15) is 41.9 Å². The number of rotatable bonds is 8. The zero-order valence-corrected chi connectivity index (χ0v) is 20.1. The second-order valence-electron chi connectivity index (χ2n) is 9.04. The summed E-state index contributed by atoms with van der Waals surface area (Å²) >= 11 is 5.96. The zero-order chi connectivity index (χ0) is 23.0. The van der Waals surface area contributed by atoms with Gasteiger partial charge in [0.15, 0.2) is 0 Å². The molecule has 0 saturated carbocycles. The van der Waals surface area contributed by atoms with Crippen molar-refractivity contribution in [2.75, 3.05) is 26.7 Å². The molecule has 1 fully saturated rings. The number of hydrogen-bond acceptors (Lipinski definition) is 2. The molecular weight excluding hydrogens is 428 g/mol. The highest BCUT2D eigenvalue weighted by molar-refractivity contribution is 6.30. The molecule has 0 bridgehead atoms. The average molecular weight is 461 g/mol. The molecule has 3 nitrogen and oxygen atoms in total. The molecule has 4 rings (SSSR count). The molecule has 0 atom stereocenters. The van der Waals surface area contributed by atoms with Crippen molar-refractivity contribution in [2.45, 2.75) is 37.6 Å². The summed E-state index contributed by atoms with van der Waals surface area (Å²) < 4.78 is 0. The Morgan fingerprint density at radius 1 is 0.909 bits per heavy atom. The lowest BCUT2D eigenvalue weighted by molar-refractivity contribution is -0.132. The van der Waals surface area contributed by atoms with Crippen molar-refractivity contribution in [3.05, 3.63) is 107 Å². The zero-order valence-electron chi connectivity index (χ0n) is 19.4. The molecule has 3 aromatic rings. The first kappa shape index (κ1) is 23.5. The van der Waals surface area contributed by atoms with Crippen LogP contribution in [0.3, 0.4) is 0 Å². The lowest BCUT2D eigenvalue weighted by Crippen LogP contribution is -2.46. The summed E-state index contributed by atoms with van der Waals surface area (Å²) in [6.07, 6.45) is 3.60. The van der Waals surface area contributed by atoms with Gasteiger partial charge in [0.25, 0.3) is 0 Å². The van der Waals surface area contributed by atoms with Crippen LogP contribution in [0.2, 0.25) is 5.02 Å². The maximum absolute atomic E-state index is 12.8. The SMILES string of the molecule is CN(C(=O)Cc1ccc(Cl)cc1)C1CCN(CCC(c2ccccc2)c2ccccc2)CC1. The molecule has 172 valence electrons. The Bertz CT molecular complexity index is 959. The molecule has 0 unspecified atom stereocenters. The number of hydrogen-bond donors (Lipinski definition) is 0. The van der Waals surface area contributed by atoms with Crippen molar-refractivity contribution in [2.24, 2.45) is 0 Å². The summed E-state index contributed by atoms with van der Waals surface area (Å²) in [5.41, 5.74) is 3.78. The Kier molecular flexibility index (Phi) is 8.20. The summed E-state index contributed by atoms with van der Waals surface area (Å²) in [7, 11) is 1.96. The van der Waals surface area contributed by atoms with Crippen molar-refractivity contribution >= 4 is 17.5 Å². The third-order valence-corrected chi connectivity index (χ3v) is 7.16. The second-order valence-corrected chi connectivity index (χ2v) is 9.48. The monoisotopic (exact) mass is 460 g/mol. The highest BCUT2D eigenvalue weighted by atomic mass is 35.5.